The van der Waals surface area contributed by atoms with Crippen LogP contribution >= 0.6 is 23.8 Å². The molecule has 0 saturated heterocycles. The lowest BCUT2D eigenvalue weighted by atomic mass is 10.2. The zero-order valence-electron chi connectivity index (χ0n) is 9.51. The van der Waals surface area contributed by atoms with Gasteiger partial charge in [0.15, 0.2) is 0 Å². The third-order valence-electron chi connectivity index (χ3n) is 2.53. The van der Waals surface area contributed by atoms with E-state index in [1.54, 1.807) is 24.3 Å². The summed E-state index contributed by atoms with van der Waals surface area (Å²) in [6.45, 7) is 0.401. The lowest BCUT2D eigenvalue weighted by Gasteiger charge is -2.21. The number of thiocarbonyl (C=S) groups is 1. The highest BCUT2D eigenvalue weighted by molar-refractivity contribution is 7.80. The SMILES string of the molecule is FC(=S)N(Cc1ccccc1)c1ccc(Cl)cc1. The summed E-state index contributed by atoms with van der Waals surface area (Å²) < 4.78 is 13.5. The van der Waals surface area contributed by atoms with Gasteiger partial charge in [-0.2, -0.15) is 4.39 Å². The predicted octanol–water partition coefficient (Wildman–Crippen LogP) is 4.60. The van der Waals surface area contributed by atoms with Crippen molar-refractivity contribution in [1.29, 1.82) is 0 Å². The third kappa shape index (κ3) is 3.28. The molecule has 2 aromatic carbocycles. The van der Waals surface area contributed by atoms with Crippen molar-refractivity contribution in [3.8, 4) is 0 Å². The van der Waals surface area contributed by atoms with Crippen LogP contribution in [0.25, 0.3) is 0 Å². The Morgan fingerprint density at radius 3 is 2.22 bits per heavy atom. The summed E-state index contributed by atoms with van der Waals surface area (Å²) in [5, 5.41) is -0.0376. The molecule has 0 bridgehead atoms. The van der Waals surface area contributed by atoms with E-state index in [4.69, 9.17) is 11.6 Å². The highest BCUT2D eigenvalue weighted by Crippen LogP contribution is 2.21. The lowest BCUT2D eigenvalue weighted by molar-refractivity contribution is 0.776. The maximum atomic E-state index is 13.5. The van der Waals surface area contributed by atoms with Crippen LogP contribution in [-0.4, -0.2) is 5.24 Å². The number of benzene rings is 2. The van der Waals surface area contributed by atoms with E-state index in [-0.39, 0.29) is 0 Å². The summed E-state index contributed by atoms with van der Waals surface area (Å²) in [4.78, 5) is 1.43. The van der Waals surface area contributed by atoms with Crippen LogP contribution in [-0.2, 0) is 6.54 Å². The largest absolute Gasteiger partial charge is 0.305 e. The number of nitrogens with zero attached hydrogens (tertiary/aromatic N) is 1. The average molecular weight is 280 g/mol. The van der Waals surface area contributed by atoms with Gasteiger partial charge in [0.25, 0.3) is 5.24 Å². The first-order chi connectivity index (χ1) is 8.66. The second kappa shape index (κ2) is 5.94. The van der Waals surface area contributed by atoms with Gasteiger partial charge >= 0.3 is 0 Å². The molecule has 1 nitrogen and oxygen atoms in total. The van der Waals surface area contributed by atoms with Crippen molar-refractivity contribution >= 4 is 34.7 Å². The minimum atomic E-state index is -0.652. The van der Waals surface area contributed by atoms with E-state index in [2.05, 4.69) is 12.2 Å². The molecule has 0 N–H and O–H groups in total. The van der Waals surface area contributed by atoms with E-state index < -0.39 is 5.24 Å². The van der Waals surface area contributed by atoms with Crippen LogP contribution in [0.15, 0.2) is 54.6 Å². The summed E-state index contributed by atoms with van der Waals surface area (Å²) in [6.07, 6.45) is 0. The number of hydrogen-bond acceptors (Lipinski definition) is 1. The molecule has 0 unspecified atom stereocenters. The van der Waals surface area contributed by atoms with Gasteiger partial charge in [-0.15, -0.1) is 0 Å². The Kier molecular flexibility index (Phi) is 4.28. The molecule has 92 valence electrons. The summed E-state index contributed by atoms with van der Waals surface area (Å²) in [5.41, 5.74) is 1.68. The van der Waals surface area contributed by atoms with Crippen LogP contribution in [0.5, 0.6) is 0 Å². The van der Waals surface area contributed by atoms with Crippen molar-refractivity contribution in [2.24, 2.45) is 0 Å². The zero-order valence-corrected chi connectivity index (χ0v) is 11.1. The van der Waals surface area contributed by atoms with Gasteiger partial charge in [-0.25, -0.2) is 0 Å². The van der Waals surface area contributed by atoms with Gasteiger partial charge in [0.1, 0.15) is 0 Å². The van der Waals surface area contributed by atoms with Gasteiger partial charge in [0.2, 0.25) is 0 Å². The van der Waals surface area contributed by atoms with Crippen molar-refractivity contribution in [1.82, 2.24) is 0 Å². The molecule has 0 spiro atoms. The van der Waals surface area contributed by atoms with Gasteiger partial charge in [0, 0.05) is 10.7 Å². The Labute approximate surface area is 116 Å². The van der Waals surface area contributed by atoms with Gasteiger partial charge in [-0.1, -0.05) is 41.9 Å². The van der Waals surface area contributed by atoms with Gasteiger partial charge in [-0.3, -0.25) is 0 Å². The minimum Gasteiger partial charge on any atom is -0.305 e. The van der Waals surface area contributed by atoms with Crippen LogP contribution in [0.4, 0.5) is 10.1 Å². The molecule has 0 atom stereocenters. The van der Waals surface area contributed by atoms with E-state index in [0.717, 1.165) is 5.56 Å². The molecular formula is C14H11ClFNS. The molecule has 0 aromatic heterocycles. The van der Waals surface area contributed by atoms with Crippen molar-refractivity contribution in [2.75, 3.05) is 4.90 Å². The Hall–Kier alpha value is -1.45. The molecule has 0 aliphatic rings. The summed E-state index contributed by atoms with van der Waals surface area (Å²) >= 11 is 10.5. The normalized spacial score (nSPS) is 10.1. The summed E-state index contributed by atoms with van der Waals surface area (Å²) in [5.74, 6) is 0. The number of halogens is 2. The molecule has 0 heterocycles. The Morgan fingerprint density at radius 1 is 1.06 bits per heavy atom. The summed E-state index contributed by atoms with van der Waals surface area (Å²) in [6, 6.07) is 16.5. The molecule has 0 amide bonds. The highest BCUT2D eigenvalue weighted by atomic mass is 35.5. The lowest BCUT2D eigenvalue weighted by Crippen LogP contribution is -2.25. The first-order valence-electron chi connectivity index (χ1n) is 5.43. The average Bonchev–Trinajstić information content (AvgIpc) is 2.38. The standard InChI is InChI=1S/C14H11ClFNS/c15-12-6-8-13(9-7-12)17(14(16)18)10-11-4-2-1-3-5-11/h1-9H,10H2. The Morgan fingerprint density at radius 2 is 1.67 bits per heavy atom. The monoisotopic (exact) mass is 279 g/mol. The van der Waals surface area contributed by atoms with Crippen molar-refractivity contribution in [3.63, 3.8) is 0 Å². The maximum absolute atomic E-state index is 13.5. The van der Waals surface area contributed by atoms with Crippen LogP contribution in [0.3, 0.4) is 0 Å². The van der Waals surface area contributed by atoms with Crippen LogP contribution in [0, 0.1) is 0 Å². The van der Waals surface area contributed by atoms with Gasteiger partial charge in [-0.05, 0) is 42.0 Å². The van der Waals surface area contributed by atoms with Crippen molar-refractivity contribution in [3.05, 3.63) is 65.2 Å². The molecule has 0 saturated carbocycles. The van der Waals surface area contributed by atoms with E-state index in [9.17, 15) is 4.39 Å². The molecular weight excluding hydrogens is 269 g/mol. The quantitative estimate of drug-likeness (QED) is 0.459. The molecule has 2 aromatic rings. The fourth-order valence-corrected chi connectivity index (χ4v) is 1.94. The second-order valence-electron chi connectivity index (χ2n) is 3.80. The molecule has 0 fully saturated rings. The second-order valence-corrected chi connectivity index (χ2v) is 4.57. The minimum absolute atomic E-state index is 0.401. The van der Waals surface area contributed by atoms with E-state index >= 15 is 0 Å². The van der Waals surface area contributed by atoms with Gasteiger partial charge in [0.05, 0.1) is 6.54 Å². The molecule has 0 aliphatic heterocycles. The molecule has 18 heavy (non-hydrogen) atoms. The molecule has 2 rings (SSSR count). The van der Waals surface area contributed by atoms with Crippen LogP contribution < -0.4 is 4.90 Å². The van der Waals surface area contributed by atoms with Crippen LogP contribution in [0.2, 0.25) is 5.02 Å². The fraction of sp³-hybridized carbons (Fsp3) is 0.0714. The fourth-order valence-electron chi connectivity index (χ4n) is 1.64. The maximum Gasteiger partial charge on any atom is 0.260 e. The molecule has 4 heteroatoms. The van der Waals surface area contributed by atoms with E-state index in [0.29, 0.717) is 17.3 Å². The number of hydrogen-bond donors (Lipinski definition) is 0. The molecule has 0 radical (unpaired) electrons. The highest BCUT2D eigenvalue weighted by Gasteiger charge is 2.12. The van der Waals surface area contributed by atoms with E-state index in [1.807, 2.05) is 30.3 Å². The van der Waals surface area contributed by atoms with Crippen LogP contribution in [0.1, 0.15) is 5.56 Å². The first kappa shape index (κ1) is 13.0. The zero-order chi connectivity index (χ0) is 13.0. The number of rotatable bonds is 3. The number of anilines is 1. The molecule has 0 aliphatic carbocycles. The third-order valence-corrected chi connectivity index (χ3v) is 3.01. The topological polar surface area (TPSA) is 3.24 Å². The predicted molar refractivity (Wildman–Crippen MR) is 77.8 cm³/mol. The smallest absolute Gasteiger partial charge is 0.260 e. The van der Waals surface area contributed by atoms with Crippen molar-refractivity contribution in [2.45, 2.75) is 6.54 Å². The Balaban J connectivity index is 2.24. The first-order valence-corrected chi connectivity index (χ1v) is 6.22. The van der Waals surface area contributed by atoms with Crippen molar-refractivity contribution < 1.29 is 4.39 Å². The Bertz CT molecular complexity index is 527. The van der Waals surface area contributed by atoms with Gasteiger partial charge < -0.3 is 4.90 Å². The van der Waals surface area contributed by atoms with E-state index in [1.165, 1.54) is 4.90 Å². The summed E-state index contributed by atoms with van der Waals surface area (Å²) in [7, 11) is 0.